The maximum absolute atomic E-state index is 6.03. The van der Waals surface area contributed by atoms with E-state index in [1.165, 1.54) is 5.56 Å². The molecule has 2 aromatic rings. The number of ether oxygens (including phenoxy) is 3. The van der Waals surface area contributed by atoms with E-state index in [9.17, 15) is 0 Å². The zero-order valence-corrected chi connectivity index (χ0v) is 19.4. The molecule has 0 aliphatic rings. The number of oxime groups is 1. The van der Waals surface area contributed by atoms with Crippen LogP contribution in [0.15, 0.2) is 53.7 Å². The highest BCUT2D eigenvalue weighted by Gasteiger charge is 2.07. The summed E-state index contributed by atoms with van der Waals surface area (Å²) in [6, 6.07) is 12.2. The van der Waals surface area contributed by atoms with Crippen molar-refractivity contribution in [1.29, 1.82) is 0 Å². The van der Waals surface area contributed by atoms with E-state index in [4.69, 9.17) is 19.0 Å². The fraction of sp³-hybridized carbons (Fsp3) is 0.423. The van der Waals surface area contributed by atoms with Gasteiger partial charge in [0.1, 0.15) is 31.0 Å². The average molecular weight is 426 g/mol. The van der Waals surface area contributed by atoms with E-state index in [0.29, 0.717) is 19.8 Å². The Morgan fingerprint density at radius 2 is 1.55 bits per heavy atom. The molecule has 31 heavy (non-hydrogen) atoms. The molecule has 0 amide bonds. The molecule has 2 rings (SSSR count). The first-order chi connectivity index (χ1) is 15.0. The van der Waals surface area contributed by atoms with Crippen LogP contribution < -0.4 is 14.2 Å². The molecule has 0 heterocycles. The van der Waals surface area contributed by atoms with Gasteiger partial charge in [0.15, 0.2) is 0 Å². The Morgan fingerprint density at radius 3 is 2.16 bits per heavy atom. The molecule has 0 aromatic heterocycles. The van der Waals surface area contributed by atoms with Crippen molar-refractivity contribution in [3.8, 4) is 17.2 Å². The van der Waals surface area contributed by atoms with Crippen molar-refractivity contribution in [1.82, 2.24) is 0 Å². The standard InChI is InChI=1S/C26H35NO4/c1-6-7-14-30-25-17-20(2)26(21(3)18-25)31-16-9-8-15-29-24-12-10-23(11-13-24)19-22(4)27-28-5/h6-7,10-13,17-18H,8-9,14-16,19H2,1-5H3/b7-6+,27-22+. The van der Waals surface area contributed by atoms with Gasteiger partial charge in [0.05, 0.1) is 18.9 Å². The Hall–Kier alpha value is -2.95. The highest BCUT2D eigenvalue weighted by Crippen LogP contribution is 2.28. The van der Waals surface area contributed by atoms with Gasteiger partial charge < -0.3 is 19.0 Å². The monoisotopic (exact) mass is 425 g/mol. The van der Waals surface area contributed by atoms with Crippen LogP contribution in [0.4, 0.5) is 0 Å². The van der Waals surface area contributed by atoms with Crippen LogP contribution in [0, 0.1) is 13.8 Å². The molecule has 0 N–H and O–H groups in total. The van der Waals surface area contributed by atoms with Gasteiger partial charge in [-0.05, 0) is 81.5 Å². The maximum atomic E-state index is 6.03. The smallest absolute Gasteiger partial charge is 0.125 e. The summed E-state index contributed by atoms with van der Waals surface area (Å²) >= 11 is 0. The molecular formula is C26H35NO4. The van der Waals surface area contributed by atoms with Crippen molar-refractivity contribution in [3.63, 3.8) is 0 Å². The minimum absolute atomic E-state index is 0.583. The summed E-state index contributed by atoms with van der Waals surface area (Å²) in [6.07, 6.45) is 6.61. The van der Waals surface area contributed by atoms with Crippen LogP contribution in [0.5, 0.6) is 17.2 Å². The van der Waals surface area contributed by atoms with Gasteiger partial charge in [-0.2, -0.15) is 0 Å². The summed E-state index contributed by atoms with van der Waals surface area (Å²) in [4.78, 5) is 4.79. The van der Waals surface area contributed by atoms with Crippen LogP contribution in [0.25, 0.3) is 0 Å². The molecule has 5 nitrogen and oxygen atoms in total. The number of unbranched alkanes of at least 4 members (excludes halogenated alkanes) is 1. The minimum Gasteiger partial charge on any atom is -0.494 e. The first-order valence-corrected chi connectivity index (χ1v) is 10.8. The van der Waals surface area contributed by atoms with E-state index in [-0.39, 0.29) is 0 Å². The summed E-state index contributed by atoms with van der Waals surface area (Å²) in [6.45, 7) is 9.97. The molecule has 0 fully saturated rings. The third kappa shape index (κ3) is 8.75. The van der Waals surface area contributed by atoms with Crippen LogP contribution in [0.1, 0.15) is 43.4 Å². The minimum atomic E-state index is 0.583. The number of rotatable bonds is 13. The topological polar surface area (TPSA) is 49.3 Å². The van der Waals surface area contributed by atoms with Crippen molar-refractivity contribution >= 4 is 5.71 Å². The summed E-state index contributed by atoms with van der Waals surface area (Å²) in [5.41, 5.74) is 4.32. The largest absolute Gasteiger partial charge is 0.494 e. The highest BCUT2D eigenvalue weighted by atomic mass is 16.6. The van der Waals surface area contributed by atoms with E-state index in [1.807, 2.05) is 50.3 Å². The Bertz CT molecular complexity index is 833. The predicted molar refractivity (Wildman–Crippen MR) is 127 cm³/mol. The number of benzene rings is 2. The second-order valence-electron chi connectivity index (χ2n) is 7.50. The zero-order valence-electron chi connectivity index (χ0n) is 19.4. The van der Waals surface area contributed by atoms with Crippen molar-refractivity contribution < 1.29 is 19.0 Å². The molecule has 0 saturated carbocycles. The van der Waals surface area contributed by atoms with Crippen LogP contribution in [0.3, 0.4) is 0 Å². The van der Waals surface area contributed by atoms with E-state index in [0.717, 1.165) is 53.3 Å². The molecule has 0 radical (unpaired) electrons. The lowest BCUT2D eigenvalue weighted by molar-refractivity contribution is 0.212. The molecular weight excluding hydrogens is 390 g/mol. The van der Waals surface area contributed by atoms with E-state index >= 15 is 0 Å². The number of nitrogens with zero attached hydrogens (tertiary/aromatic N) is 1. The Labute approximate surface area is 186 Å². The van der Waals surface area contributed by atoms with Gasteiger partial charge >= 0.3 is 0 Å². The van der Waals surface area contributed by atoms with Crippen molar-refractivity contribution in [2.75, 3.05) is 26.9 Å². The Morgan fingerprint density at radius 1 is 0.903 bits per heavy atom. The zero-order chi connectivity index (χ0) is 22.5. The second kappa shape index (κ2) is 13.4. The number of hydrogen-bond acceptors (Lipinski definition) is 5. The third-order valence-corrected chi connectivity index (χ3v) is 4.70. The van der Waals surface area contributed by atoms with E-state index < -0.39 is 0 Å². The molecule has 5 heteroatoms. The van der Waals surface area contributed by atoms with Gasteiger partial charge in [0.2, 0.25) is 0 Å². The molecule has 0 aliphatic carbocycles. The molecule has 0 aliphatic heterocycles. The molecule has 0 saturated heterocycles. The lowest BCUT2D eigenvalue weighted by Gasteiger charge is -2.14. The second-order valence-corrected chi connectivity index (χ2v) is 7.50. The summed E-state index contributed by atoms with van der Waals surface area (Å²) in [5.74, 6) is 2.70. The first kappa shape index (κ1) is 24.3. The van der Waals surface area contributed by atoms with Gasteiger partial charge in [0.25, 0.3) is 0 Å². The molecule has 0 unspecified atom stereocenters. The molecule has 0 spiro atoms. The lowest BCUT2D eigenvalue weighted by Crippen LogP contribution is -2.05. The quantitative estimate of drug-likeness (QED) is 0.169. The van der Waals surface area contributed by atoms with Gasteiger partial charge in [-0.3, -0.25) is 0 Å². The molecule has 0 atom stereocenters. The van der Waals surface area contributed by atoms with Gasteiger partial charge in [-0.15, -0.1) is 0 Å². The fourth-order valence-corrected chi connectivity index (χ4v) is 3.22. The van der Waals surface area contributed by atoms with Crippen LogP contribution in [0.2, 0.25) is 0 Å². The third-order valence-electron chi connectivity index (χ3n) is 4.70. The van der Waals surface area contributed by atoms with Crippen LogP contribution in [-0.4, -0.2) is 32.6 Å². The van der Waals surface area contributed by atoms with Crippen molar-refractivity contribution in [3.05, 3.63) is 65.2 Å². The van der Waals surface area contributed by atoms with Crippen molar-refractivity contribution in [2.45, 2.75) is 47.0 Å². The van der Waals surface area contributed by atoms with Crippen LogP contribution >= 0.6 is 0 Å². The molecule has 0 bridgehead atoms. The van der Waals surface area contributed by atoms with E-state index in [2.05, 4.69) is 31.1 Å². The van der Waals surface area contributed by atoms with Gasteiger partial charge in [0, 0.05) is 6.42 Å². The summed E-state index contributed by atoms with van der Waals surface area (Å²) < 4.78 is 17.6. The SMILES string of the molecule is C/C=C/COc1cc(C)c(OCCCCOc2ccc(C/C(C)=N/OC)cc2)c(C)c1. The van der Waals surface area contributed by atoms with Crippen LogP contribution in [-0.2, 0) is 11.3 Å². The first-order valence-electron chi connectivity index (χ1n) is 10.8. The number of allylic oxidation sites excluding steroid dienone is 1. The average Bonchev–Trinajstić information content (AvgIpc) is 2.73. The highest BCUT2D eigenvalue weighted by molar-refractivity contribution is 5.83. The summed E-state index contributed by atoms with van der Waals surface area (Å²) in [5, 5.41) is 3.94. The number of hydrogen-bond donors (Lipinski definition) is 0. The fourth-order valence-electron chi connectivity index (χ4n) is 3.22. The van der Waals surface area contributed by atoms with E-state index in [1.54, 1.807) is 7.11 Å². The lowest BCUT2D eigenvalue weighted by atomic mass is 10.1. The van der Waals surface area contributed by atoms with Crippen molar-refractivity contribution in [2.24, 2.45) is 5.16 Å². The predicted octanol–water partition coefficient (Wildman–Crippen LogP) is 6.06. The molecule has 2 aromatic carbocycles. The van der Waals surface area contributed by atoms with Gasteiger partial charge in [-0.25, -0.2) is 0 Å². The number of aryl methyl sites for hydroxylation is 2. The Balaban J connectivity index is 1.70. The normalized spacial score (nSPS) is 11.6. The van der Waals surface area contributed by atoms with Gasteiger partial charge in [-0.1, -0.05) is 29.4 Å². The maximum Gasteiger partial charge on any atom is 0.125 e. The summed E-state index contributed by atoms with van der Waals surface area (Å²) in [7, 11) is 1.56. The molecule has 168 valence electrons. The Kier molecular flexibility index (Phi) is 10.5.